The molecule has 0 spiro atoms. The van der Waals surface area contributed by atoms with Crippen molar-refractivity contribution >= 4 is 22.9 Å². The summed E-state index contributed by atoms with van der Waals surface area (Å²) in [5, 5.41) is 9.82. The molecule has 3 nitrogen and oxygen atoms in total. The summed E-state index contributed by atoms with van der Waals surface area (Å²) in [6.07, 6.45) is 3.40. The summed E-state index contributed by atoms with van der Waals surface area (Å²) >= 11 is 7.41. The monoisotopic (exact) mass is 254 g/mol. The van der Waals surface area contributed by atoms with Gasteiger partial charge < -0.3 is 9.67 Å². The molecule has 5 heteroatoms. The maximum absolute atomic E-state index is 9.82. The van der Waals surface area contributed by atoms with Gasteiger partial charge in [-0.3, -0.25) is 0 Å². The number of aliphatic hydroxyl groups is 1. The van der Waals surface area contributed by atoms with Gasteiger partial charge in [0.15, 0.2) is 0 Å². The molecule has 0 fully saturated rings. The van der Waals surface area contributed by atoms with Gasteiger partial charge in [0.25, 0.3) is 0 Å². The molecule has 0 bridgehead atoms. The fraction of sp³-hybridized carbons (Fsp3) is 0.364. The van der Waals surface area contributed by atoms with E-state index in [-0.39, 0.29) is 0 Å². The highest BCUT2D eigenvalue weighted by molar-refractivity contribution is 7.19. The van der Waals surface area contributed by atoms with E-state index < -0.39 is 6.10 Å². The molecule has 0 saturated carbocycles. The molecule has 0 radical (unpaired) electrons. The Hall–Kier alpha value is -0.840. The van der Waals surface area contributed by atoms with Crippen LogP contribution in [-0.2, 0) is 6.54 Å². The van der Waals surface area contributed by atoms with Crippen LogP contribution < -0.4 is 0 Å². The molecule has 0 saturated heterocycles. The summed E-state index contributed by atoms with van der Waals surface area (Å²) in [7, 11) is 0. The second-order valence-corrected chi connectivity index (χ2v) is 5.65. The van der Waals surface area contributed by atoms with Crippen molar-refractivity contribution in [3.63, 3.8) is 0 Å². The maximum Gasteiger partial charge on any atom is 0.138 e. The van der Waals surface area contributed by atoms with Crippen LogP contribution in [0.4, 0.5) is 0 Å². The molecule has 1 aliphatic rings. The van der Waals surface area contributed by atoms with E-state index in [1.807, 2.05) is 22.9 Å². The Balaban J connectivity index is 2.04. The number of halogens is 1. The van der Waals surface area contributed by atoms with Gasteiger partial charge in [-0.05, 0) is 25.0 Å². The van der Waals surface area contributed by atoms with Gasteiger partial charge in [0.1, 0.15) is 11.9 Å². The lowest BCUT2D eigenvalue weighted by atomic mass is 10.1. The normalized spacial score (nSPS) is 19.8. The van der Waals surface area contributed by atoms with Gasteiger partial charge in [0.05, 0.1) is 14.9 Å². The van der Waals surface area contributed by atoms with Crippen LogP contribution in [0.5, 0.6) is 0 Å². The van der Waals surface area contributed by atoms with Crippen molar-refractivity contribution in [2.75, 3.05) is 0 Å². The van der Waals surface area contributed by atoms with Gasteiger partial charge in [-0.2, -0.15) is 0 Å². The zero-order valence-corrected chi connectivity index (χ0v) is 10.1. The highest BCUT2D eigenvalue weighted by Gasteiger charge is 2.21. The van der Waals surface area contributed by atoms with E-state index in [1.165, 1.54) is 11.3 Å². The summed E-state index contributed by atoms with van der Waals surface area (Å²) < 4.78 is 2.80. The first kappa shape index (κ1) is 10.3. The van der Waals surface area contributed by atoms with Crippen molar-refractivity contribution in [1.29, 1.82) is 0 Å². The number of aromatic nitrogens is 2. The molecule has 16 heavy (non-hydrogen) atoms. The molecular formula is C11H11ClN2OS. The van der Waals surface area contributed by atoms with E-state index in [2.05, 4.69) is 4.98 Å². The highest BCUT2D eigenvalue weighted by Crippen LogP contribution is 2.33. The SMILES string of the molecule is OC1CCCn2cc(-c3ccc(Cl)s3)nc21. The molecule has 0 amide bonds. The van der Waals surface area contributed by atoms with Crippen molar-refractivity contribution in [2.24, 2.45) is 0 Å². The lowest BCUT2D eigenvalue weighted by molar-refractivity contribution is 0.134. The van der Waals surface area contributed by atoms with Gasteiger partial charge in [0, 0.05) is 12.7 Å². The number of aryl methyl sites for hydroxylation is 1. The minimum Gasteiger partial charge on any atom is -0.385 e. The molecule has 2 aromatic heterocycles. The first-order valence-corrected chi connectivity index (χ1v) is 6.44. The van der Waals surface area contributed by atoms with Crippen LogP contribution >= 0.6 is 22.9 Å². The number of thiophene rings is 1. The number of hydrogen-bond donors (Lipinski definition) is 1. The quantitative estimate of drug-likeness (QED) is 0.849. The molecule has 84 valence electrons. The van der Waals surface area contributed by atoms with Crippen LogP contribution in [-0.4, -0.2) is 14.7 Å². The van der Waals surface area contributed by atoms with Gasteiger partial charge in [-0.25, -0.2) is 4.98 Å². The average molecular weight is 255 g/mol. The lowest BCUT2D eigenvalue weighted by Crippen LogP contribution is -2.14. The highest BCUT2D eigenvalue weighted by atomic mass is 35.5. The van der Waals surface area contributed by atoms with Crippen molar-refractivity contribution in [3.05, 3.63) is 28.5 Å². The third-order valence-corrected chi connectivity index (χ3v) is 4.06. The Labute approximate surface area is 102 Å². The number of hydrogen-bond acceptors (Lipinski definition) is 3. The van der Waals surface area contributed by atoms with E-state index in [1.54, 1.807) is 0 Å². The molecule has 1 N–H and O–H groups in total. The van der Waals surface area contributed by atoms with Crippen molar-refractivity contribution in [2.45, 2.75) is 25.5 Å². The fourth-order valence-electron chi connectivity index (χ4n) is 2.03. The van der Waals surface area contributed by atoms with Crippen molar-refractivity contribution < 1.29 is 5.11 Å². The molecule has 2 aromatic rings. The zero-order valence-electron chi connectivity index (χ0n) is 8.56. The summed E-state index contributed by atoms with van der Waals surface area (Å²) in [5.41, 5.74) is 0.910. The van der Waals surface area contributed by atoms with Crippen LogP contribution in [0, 0.1) is 0 Å². The maximum atomic E-state index is 9.82. The minimum atomic E-state index is -0.419. The Morgan fingerprint density at radius 2 is 2.38 bits per heavy atom. The van der Waals surface area contributed by atoms with Gasteiger partial charge >= 0.3 is 0 Å². The first-order valence-electron chi connectivity index (χ1n) is 5.25. The zero-order chi connectivity index (χ0) is 11.1. The van der Waals surface area contributed by atoms with Crippen LogP contribution in [0.25, 0.3) is 10.6 Å². The number of aliphatic hydroxyl groups excluding tert-OH is 1. The molecular weight excluding hydrogens is 244 g/mol. The average Bonchev–Trinajstić information content (AvgIpc) is 2.84. The molecule has 3 heterocycles. The van der Waals surface area contributed by atoms with E-state index in [0.29, 0.717) is 0 Å². The molecule has 1 aliphatic heterocycles. The summed E-state index contributed by atoms with van der Waals surface area (Å²) in [5.74, 6) is 0.783. The molecule has 0 aliphatic carbocycles. The molecule has 1 atom stereocenters. The largest absolute Gasteiger partial charge is 0.385 e. The summed E-state index contributed by atoms with van der Waals surface area (Å²) in [4.78, 5) is 5.53. The Kier molecular flexibility index (Phi) is 2.50. The lowest BCUT2D eigenvalue weighted by Gasteiger charge is -2.18. The predicted molar refractivity (Wildman–Crippen MR) is 64.7 cm³/mol. The molecule has 0 aromatic carbocycles. The molecule has 1 unspecified atom stereocenters. The Bertz CT molecular complexity index is 520. The summed E-state index contributed by atoms with van der Waals surface area (Å²) in [6.45, 7) is 0.943. The van der Waals surface area contributed by atoms with Crippen LogP contribution in [0.1, 0.15) is 24.8 Å². The third kappa shape index (κ3) is 1.67. The van der Waals surface area contributed by atoms with Crippen LogP contribution in [0.15, 0.2) is 18.3 Å². The van der Waals surface area contributed by atoms with E-state index >= 15 is 0 Å². The van der Waals surface area contributed by atoms with E-state index in [9.17, 15) is 5.11 Å². The smallest absolute Gasteiger partial charge is 0.138 e. The number of imidazole rings is 1. The summed E-state index contributed by atoms with van der Waals surface area (Å²) in [6, 6.07) is 3.84. The number of fused-ring (bicyclic) bond motifs is 1. The van der Waals surface area contributed by atoms with Crippen LogP contribution in [0.3, 0.4) is 0 Å². The van der Waals surface area contributed by atoms with Crippen molar-refractivity contribution in [1.82, 2.24) is 9.55 Å². The van der Waals surface area contributed by atoms with Gasteiger partial charge in [-0.1, -0.05) is 11.6 Å². The van der Waals surface area contributed by atoms with E-state index in [0.717, 1.165) is 40.1 Å². The minimum absolute atomic E-state index is 0.419. The van der Waals surface area contributed by atoms with E-state index in [4.69, 9.17) is 11.6 Å². The molecule has 3 rings (SSSR count). The standard InChI is InChI=1S/C11H11ClN2OS/c12-10-4-3-9(16-10)7-6-14-5-1-2-8(15)11(14)13-7/h3-4,6,8,15H,1-2,5H2. The first-order chi connectivity index (χ1) is 7.74. The van der Waals surface area contributed by atoms with Gasteiger partial charge in [0.2, 0.25) is 0 Å². The number of rotatable bonds is 1. The fourth-order valence-corrected chi connectivity index (χ4v) is 3.03. The third-order valence-electron chi connectivity index (χ3n) is 2.81. The predicted octanol–water partition coefficient (Wildman–Crippen LogP) is 3.09. The van der Waals surface area contributed by atoms with Crippen LogP contribution in [0.2, 0.25) is 4.34 Å². The van der Waals surface area contributed by atoms with Gasteiger partial charge in [-0.15, -0.1) is 11.3 Å². The Morgan fingerprint density at radius 1 is 1.50 bits per heavy atom. The topological polar surface area (TPSA) is 38.0 Å². The second-order valence-electron chi connectivity index (χ2n) is 3.94. The number of nitrogens with zero attached hydrogens (tertiary/aromatic N) is 2. The second kappa shape index (κ2) is 3.87. The Morgan fingerprint density at radius 3 is 3.06 bits per heavy atom. The van der Waals surface area contributed by atoms with Crippen molar-refractivity contribution in [3.8, 4) is 10.6 Å².